The fraction of sp³-hybridized carbons (Fsp3) is 0.182. The summed E-state index contributed by atoms with van der Waals surface area (Å²) < 4.78 is 5.74. The van der Waals surface area contributed by atoms with Crippen molar-refractivity contribution in [1.82, 2.24) is 0 Å². The fourth-order valence-electron chi connectivity index (χ4n) is 3.60. The molecule has 122 valence electrons. The zero-order chi connectivity index (χ0) is 16.7. The van der Waals surface area contributed by atoms with Crippen molar-refractivity contribution in [3.05, 3.63) is 91.0 Å². The third-order valence-electron chi connectivity index (χ3n) is 4.76. The molecule has 0 radical (unpaired) electrons. The van der Waals surface area contributed by atoms with E-state index in [0.717, 1.165) is 12.8 Å². The number of aliphatic hydroxyl groups excluding tert-OH is 1. The molecular formula is C22H24OSn. The Bertz CT molecular complexity index is 629. The molecule has 0 spiro atoms. The second-order valence-electron chi connectivity index (χ2n) is 6.18. The number of rotatable bonds is 7. The van der Waals surface area contributed by atoms with Gasteiger partial charge in [-0.2, -0.15) is 0 Å². The van der Waals surface area contributed by atoms with Gasteiger partial charge >= 0.3 is 149 Å². The molecule has 0 aliphatic carbocycles. The van der Waals surface area contributed by atoms with Gasteiger partial charge in [-0.15, -0.1) is 0 Å². The zero-order valence-electron chi connectivity index (χ0n) is 13.9. The maximum absolute atomic E-state index is 9.30. The van der Waals surface area contributed by atoms with Crippen LogP contribution in [0.2, 0.25) is 4.44 Å². The van der Waals surface area contributed by atoms with Gasteiger partial charge < -0.3 is 0 Å². The van der Waals surface area contributed by atoms with Gasteiger partial charge in [0.25, 0.3) is 0 Å². The van der Waals surface area contributed by atoms with E-state index in [1.54, 1.807) is 0 Å². The molecule has 0 bridgehead atoms. The summed E-state index contributed by atoms with van der Waals surface area (Å²) in [6, 6.07) is 33.2. The number of aliphatic hydroxyl groups is 1. The van der Waals surface area contributed by atoms with Crippen LogP contribution in [0.3, 0.4) is 0 Å². The Kier molecular flexibility index (Phi) is 6.11. The fourth-order valence-corrected chi connectivity index (χ4v) is 17.7. The molecular weight excluding hydrogens is 399 g/mol. The van der Waals surface area contributed by atoms with Crippen molar-refractivity contribution >= 4 is 29.1 Å². The third kappa shape index (κ3) is 3.57. The van der Waals surface area contributed by atoms with E-state index in [-0.39, 0.29) is 6.61 Å². The molecule has 0 unspecified atom stereocenters. The summed E-state index contributed by atoms with van der Waals surface area (Å²) in [5.41, 5.74) is 0. The molecule has 0 amide bonds. The molecule has 24 heavy (non-hydrogen) atoms. The molecule has 3 aromatic carbocycles. The minimum atomic E-state index is -3.04. The van der Waals surface area contributed by atoms with Gasteiger partial charge in [-0.1, -0.05) is 0 Å². The molecule has 0 saturated carbocycles. The van der Waals surface area contributed by atoms with Crippen LogP contribution < -0.4 is 10.7 Å². The van der Waals surface area contributed by atoms with Crippen LogP contribution in [0.25, 0.3) is 0 Å². The number of hydrogen-bond donors (Lipinski definition) is 1. The summed E-state index contributed by atoms with van der Waals surface area (Å²) in [6.45, 7) is 0.278. The van der Waals surface area contributed by atoms with Crippen LogP contribution in [0.1, 0.15) is 12.8 Å². The van der Waals surface area contributed by atoms with Gasteiger partial charge in [-0.25, -0.2) is 0 Å². The molecule has 1 nitrogen and oxygen atoms in total. The van der Waals surface area contributed by atoms with E-state index in [1.807, 2.05) is 0 Å². The first-order chi connectivity index (χ1) is 11.9. The Morgan fingerprint density at radius 3 is 1.25 bits per heavy atom. The average Bonchev–Trinajstić information content (AvgIpc) is 2.68. The Balaban J connectivity index is 2.20. The standard InChI is InChI=1S/3C6H5.C4H9O.Sn/c3*1-2-4-6-5-3-1;1-2-3-4-5;/h3*1-5H;5H,1-4H2;. The first-order valence-electron chi connectivity index (χ1n) is 8.65. The Morgan fingerprint density at radius 1 is 0.542 bits per heavy atom. The van der Waals surface area contributed by atoms with Crippen LogP contribution in [-0.2, 0) is 0 Å². The van der Waals surface area contributed by atoms with Crippen molar-refractivity contribution in [2.45, 2.75) is 17.3 Å². The summed E-state index contributed by atoms with van der Waals surface area (Å²) >= 11 is -3.04. The normalized spacial score (nSPS) is 11.4. The van der Waals surface area contributed by atoms with E-state index in [4.69, 9.17) is 0 Å². The quantitative estimate of drug-likeness (QED) is 0.458. The molecule has 0 fully saturated rings. The van der Waals surface area contributed by atoms with Crippen molar-refractivity contribution < 1.29 is 5.11 Å². The van der Waals surface area contributed by atoms with Gasteiger partial charge in [0.15, 0.2) is 0 Å². The molecule has 1 N–H and O–H groups in total. The van der Waals surface area contributed by atoms with Crippen molar-refractivity contribution in [3.63, 3.8) is 0 Å². The third-order valence-corrected chi connectivity index (χ3v) is 19.2. The SMILES string of the molecule is OCCC[CH2][Sn]([c]1ccccc1)([c]1ccccc1)[c]1ccccc1. The predicted molar refractivity (Wildman–Crippen MR) is 105 cm³/mol. The molecule has 0 heterocycles. The number of benzene rings is 3. The van der Waals surface area contributed by atoms with Crippen molar-refractivity contribution in [3.8, 4) is 0 Å². The van der Waals surface area contributed by atoms with Gasteiger partial charge in [0.2, 0.25) is 0 Å². The Labute approximate surface area is 148 Å². The van der Waals surface area contributed by atoms with Crippen LogP contribution in [0.15, 0.2) is 91.0 Å². The topological polar surface area (TPSA) is 20.2 Å². The first kappa shape index (κ1) is 17.2. The zero-order valence-corrected chi connectivity index (χ0v) is 16.8. The van der Waals surface area contributed by atoms with Gasteiger partial charge in [-0.3, -0.25) is 0 Å². The van der Waals surface area contributed by atoms with E-state index in [9.17, 15) is 5.11 Å². The molecule has 0 saturated heterocycles. The Hall–Kier alpha value is -1.58. The number of hydrogen-bond acceptors (Lipinski definition) is 1. The molecule has 0 aliphatic rings. The molecule has 2 heteroatoms. The van der Waals surface area contributed by atoms with Gasteiger partial charge in [0, 0.05) is 0 Å². The van der Waals surface area contributed by atoms with E-state index in [0.29, 0.717) is 0 Å². The number of unbranched alkanes of at least 4 members (excludes halogenated alkanes) is 1. The van der Waals surface area contributed by atoms with Crippen molar-refractivity contribution in [1.29, 1.82) is 0 Å². The summed E-state index contributed by atoms with van der Waals surface area (Å²) in [7, 11) is 0. The van der Waals surface area contributed by atoms with Crippen molar-refractivity contribution in [2.24, 2.45) is 0 Å². The first-order valence-corrected chi connectivity index (χ1v) is 15.0. The van der Waals surface area contributed by atoms with Crippen LogP contribution in [0.5, 0.6) is 0 Å². The maximum atomic E-state index is 9.30. The van der Waals surface area contributed by atoms with E-state index >= 15 is 0 Å². The summed E-state index contributed by atoms with van der Waals surface area (Å²) in [5, 5.41) is 9.30. The van der Waals surface area contributed by atoms with Crippen LogP contribution in [0, 0.1) is 0 Å². The van der Waals surface area contributed by atoms with Gasteiger partial charge in [-0.05, 0) is 0 Å². The Morgan fingerprint density at radius 2 is 0.917 bits per heavy atom. The van der Waals surface area contributed by atoms with Crippen LogP contribution >= 0.6 is 0 Å². The minimum absolute atomic E-state index is 0.278. The second-order valence-corrected chi connectivity index (χ2v) is 17.7. The predicted octanol–water partition coefficient (Wildman–Crippen LogP) is 2.93. The summed E-state index contributed by atoms with van der Waals surface area (Å²) in [6.07, 6.45) is 1.95. The molecule has 0 aromatic heterocycles. The van der Waals surface area contributed by atoms with E-state index < -0.39 is 18.4 Å². The second kappa shape index (κ2) is 8.50. The monoisotopic (exact) mass is 424 g/mol. The van der Waals surface area contributed by atoms with E-state index in [2.05, 4.69) is 91.0 Å². The molecule has 3 aromatic rings. The van der Waals surface area contributed by atoms with Crippen LogP contribution in [0.4, 0.5) is 0 Å². The summed E-state index contributed by atoms with van der Waals surface area (Å²) in [5.74, 6) is 0. The molecule has 3 rings (SSSR count). The summed E-state index contributed by atoms with van der Waals surface area (Å²) in [4.78, 5) is 0. The van der Waals surface area contributed by atoms with E-state index in [1.165, 1.54) is 15.2 Å². The van der Waals surface area contributed by atoms with Gasteiger partial charge in [0.1, 0.15) is 0 Å². The average molecular weight is 423 g/mol. The van der Waals surface area contributed by atoms with Crippen molar-refractivity contribution in [2.75, 3.05) is 6.61 Å². The molecule has 0 atom stereocenters. The van der Waals surface area contributed by atoms with Crippen LogP contribution in [-0.4, -0.2) is 30.1 Å². The van der Waals surface area contributed by atoms with Gasteiger partial charge in [0.05, 0.1) is 0 Å². The molecule has 0 aliphatic heterocycles.